The minimum atomic E-state index is -0.486. The molecule has 4 nitrogen and oxygen atoms in total. The van der Waals surface area contributed by atoms with Crippen molar-refractivity contribution < 1.29 is 14.0 Å². The quantitative estimate of drug-likeness (QED) is 0.622. The highest BCUT2D eigenvalue weighted by molar-refractivity contribution is 6.02. The number of halogens is 1. The van der Waals surface area contributed by atoms with Gasteiger partial charge in [-0.25, -0.2) is 9.37 Å². The Morgan fingerprint density at radius 3 is 2.59 bits per heavy atom. The van der Waals surface area contributed by atoms with Crippen LogP contribution < -0.4 is 0 Å². The Labute approximate surface area is 129 Å². The predicted molar refractivity (Wildman–Crippen MR) is 82.8 cm³/mol. The molecule has 0 bridgehead atoms. The third kappa shape index (κ3) is 2.71. The molecule has 0 radical (unpaired) electrons. The molecule has 116 valence electrons. The first-order chi connectivity index (χ1) is 10.4. The average molecular weight is 302 g/mol. The molecule has 1 heterocycles. The van der Waals surface area contributed by atoms with Crippen LogP contribution in [0.25, 0.3) is 11.3 Å². The highest BCUT2D eigenvalue weighted by Crippen LogP contribution is 2.29. The summed E-state index contributed by atoms with van der Waals surface area (Å²) in [6, 6.07) is 4.03. The lowest BCUT2D eigenvalue weighted by atomic mass is 10.0. The Kier molecular flexibility index (Phi) is 4.54. The van der Waals surface area contributed by atoms with Crippen molar-refractivity contribution in [3.63, 3.8) is 0 Å². The predicted octanol–water partition coefficient (Wildman–Crippen LogP) is 3.85. The summed E-state index contributed by atoms with van der Waals surface area (Å²) < 4.78 is 15.3. The standard InChI is InChI=1S/C17H19FN2O2/c1-5-16-19-17(15(9-21)20(16)10(2)3)13-7-6-12(18)8-14(13)11(4)22/h6-10H,5H2,1-4H3. The molecule has 5 heteroatoms. The maximum Gasteiger partial charge on any atom is 0.168 e. The second-order valence-corrected chi connectivity index (χ2v) is 5.44. The Balaban J connectivity index is 2.78. The fourth-order valence-corrected chi connectivity index (χ4v) is 2.64. The van der Waals surface area contributed by atoms with Crippen LogP contribution in [0.5, 0.6) is 0 Å². The van der Waals surface area contributed by atoms with Crippen LogP contribution in [0, 0.1) is 5.82 Å². The first-order valence-corrected chi connectivity index (χ1v) is 7.27. The summed E-state index contributed by atoms with van der Waals surface area (Å²) in [5.41, 5.74) is 1.58. The summed E-state index contributed by atoms with van der Waals surface area (Å²) in [4.78, 5) is 27.9. The van der Waals surface area contributed by atoms with Crippen molar-refractivity contribution in [3.05, 3.63) is 41.1 Å². The van der Waals surface area contributed by atoms with Crippen molar-refractivity contribution in [3.8, 4) is 11.3 Å². The number of imidazole rings is 1. The van der Waals surface area contributed by atoms with E-state index in [4.69, 9.17) is 0 Å². The Morgan fingerprint density at radius 2 is 2.09 bits per heavy atom. The van der Waals surface area contributed by atoms with Crippen molar-refractivity contribution in [2.45, 2.75) is 40.2 Å². The molecule has 0 N–H and O–H groups in total. The Morgan fingerprint density at radius 1 is 1.41 bits per heavy atom. The van der Waals surface area contributed by atoms with Gasteiger partial charge in [0.15, 0.2) is 12.1 Å². The summed E-state index contributed by atoms with van der Waals surface area (Å²) in [6.07, 6.45) is 1.41. The van der Waals surface area contributed by atoms with E-state index in [0.717, 1.165) is 12.1 Å². The van der Waals surface area contributed by atoms with Gasteiger partial charge in [-0.1, -0.05) is 6.92 Å². The van der Waals surface area contributed by atoms with Gasteiger partial charge >= 0.3 is 0 Å². The van der Waals surface area contributed by atoms with E-state index >= 15 is 0 Å². The van der Waals surface area contributed by atoms with Gasteiger partial charge in [0.2, 0.25) is 0 Å². The van der Waals surface area contributed by atoms with Gasteiger partial charge < -0.3 is 4.57 Å². The van der Waals surface area contributed by atoms with E-state index in [1.807, 2.05) is 25.3 Å². The van der Waals surface area contributed by atoms with Gasteiger partial charge in [-0.15, -0.1) is 0 Å². The van der Waals surface area contributed by atoms with Gasteiger partial charge in [0.1, 0.15) is 23.0 Å². The average Bonchev–Trinajstić information content (AvgIpc) is 2.85. The summed E-state index contributed by atoms with van der Waals surface area (Å²) in [5.74, 6) is 0.0232. The number of aromatic nitrogens is 2. The largest absolute Gasteiger partial charge is 0.323 e. The zero-order chi connectivity index (χ0) is 16.4. The molecule has 0 amide bonds. The number of rotatable bonds is 5. The Bertz CT molecular complexity index is 733. The molecule has 2 aromatic rings. The first kappa shape index (κ1) is 16.1. The van der Waals surface area contributed by atoms with Crippen LogP contribution in [0.4, 0.5) is 4.39 Å². The Hall–Kier alpha value is -2.30. The second-order valence-electron chi connectivity index (χ2n) is 5.44. The first-order valence-electron chi connectivity index (χ1n) is 7.27. The normalized spacial score (nSPS) is 11.0. The number of nitrogens with zero attached hydrogens (tertiary/aromatic N) is 2. The molecule has 0 aliphatic rings. The molecular weight excluding hydrogens is 283 g/mol. The molecule has 2 rings (SSSR count). The highest BCUT2D eigenvalue weighted by atomic mass is 19.1. The second kappa shape index (κ2) is 6.22. The fraction of sp³-hybridized carbons (Fsp3) is 0.353. The van der Waals surface area contributed by atoms with Gasteiger partial charge in [-0.2, -0.15) is 0 Å². The van der Waals surface area contributed by atoms with Crippen LogP contribution >= 0.6 is 0 Å². The molecule has 22 heavy (non-hydrogen) atoms. The minimum Gasteiger partial charge on any atom is -0.323 e. The molecule has 0 aliphatic heterocycles. The zero-order valence-electron chi connectivity index (χ0n) is 13.2. The molecule has 0 atom stereocenters. The van der Waals surface area contributed by atoms with Gasteiger partial charge in [-0.05, 0) is 39.0 Å². The summed E-state index contributed by atoms with van der Waals surface area (Å²) >= 11 is 0. The van der Waals surface area contributed by atoms with Crippen LogP contribution in [-0.2, 0) is 6.42 Å². The fourth-order valence-electron chi connectivity index (χ4n) is 2.64. The van der Waals surface area contributed by atoms with E-state index in [0.29, 0.717) is 23.4 Å². The van der Waals surface area contributed by atoms with Crippen LogP contribution in [0.3, 0.4) is 0 Å². The lowest BCUT2D eigenvalue weighted by molar-refractivity contribution is 0.101. The number of benzene rings is 1. The van der Waals surface area contributed by atoms with Gasteiger partial charge in [0, 0.05) is 23.6 Å². The molecular formula is C17H19FN2O2. The van der Waals surface area contributed by atoms with Gasteiger partial charge in [-0.3, -0.25) is 9.59 Å². The van der Waals surface area contributed by atoms with E-state index in [1.54, 1.807) is 0 Å². The third-order valence-electron chi connectivity index (χ3n) is 3.58. The van der Waals surface area contributed by atoms with Crippen LogP contribution in [0.2, 0.25) is 0 Å². The maximum absolute atomic E-state index is 13.4. The number of carbonyl (C=O) groups is 2. The van der Waals surface area contributed by atoms with E-state index in [1.165, 1.54) is 25.1 Å². The van der Waals surface area contributed by atoms with Gasteiger partial charge in [0.05, 0.1) is 0 Å². The number of hydrogen-bond donors (Lipinski definition) is 0. The van der Waals surface area contributed by atoms with Crippen molar-refractivity contribution in [2.75, 3.05) is 0 Å². The lowest BCUT2D eigenvalue weighted by Gasteiger charge is -2.12. The molecule has 1 aromatic carbocycles. The van der Waals surface area contributed by atoms with Crippen molar-refractivity contribution in [1.82, 2.24) is 9.55 Å². The monoisotopic (exact) mass is 302 g/mol. The smallest absolute Gasteiger partial charge is 0.168 e. The summed E-state index contributed by atoms with van der Waals surface area (Å²) in [7, 11) is 0. The van der Waals surface area contributed by atoms with Crippen molar-refractivity contribution in [2.24, 2.45) is 0 Å². The molecule has 0 saturated carbocycles. The number of aryl methyl sites for hydroxylation is 1. The number of Topliss-reactive ketones (excluding diaryl/α,β-unsaturated/α-hetero) is 1. The number of ketones is 1. The van der Waals surface area contributed by atoms with Crippen molar-refractivity contribution >= 4 is 12.1 Å². The highest BCUT2D eigenvalue weighted by Gasteiger charge is 2.22. The SMILES string of the molecule is CCc1nc(-c2ccc(F)cc2C(C)=O)c(C=O)n1C(C)C. The lowest BCUT2D eigenvalue weighted by Crippen LogP contribution is -2.09. The molecule has 0 fully saturated rings. The van der Waals surface area contributed by atoms with E-state index in [-0.39, 0.29) is 17.4 Å². The van der Waals surface area contributed by atoms with Gasteiger partial charge in [0.25, 0.3) is 0 Å². The van der Waals surface area contributed by atoms with Crippen LogP contribution in [0.15, 0.2) is 18.2 Å². The molecule has 0 spiro atoms. The van der Waals surface area contributed by atoms with E-state index in [2.05, 4.69) is 4.98 Å². The molecule has 1 aromatic heterocycles. The minimum absolute atomic E-state index is 0.0672. The number of aldehydes is 1. The van der Waals surface area contributed by atoms with Crippen LogP contribution in [-0.4, -0.2) is 21.6 Å². The summed E-state index contributed by atoms with van der Waals surface area (Å²) in [5, 5.41) is 0. The van der Waals surface area contributed by atoms with Crippen molar-refractivity contribution in [1.29, 1.82) is 0 Å². The molecule has 0 saturated heterocycles. The van der Waals surface area contributed by atoms with E-state index < -0.39 is 5.82 Å². The third-order valence-corrected chi connectivity index (χ3v) is 3.58. The number of hydrogen-bond acceptors (Lipinski definition) is 3. The molecule has 0 unspecified atom stereocenters. The van der Waals surface area contributed by atoms with E-state index in [9.17, 15) is 14.0 Å². The maximum atomic E-state index is 13.4. The molecule has 0 aliphatic carbocycles. The number of carbonyl (C=O) groups excluding carboxylic acids is 2. The topological polar surface area (TPSA) is 52.0 Å². The zero-order valence-corrected chi connectivity index (χ0v) is 13.2. The summed E-state index contributed by atoms with van der Waals surface area (Å²) in [6.45, 7) is 7.26. The van der Waals surface area contributed by atoms with Crippen LogP contribution in [0.1, 0.15) is 60.4 Å².